The lowest BCUT2D eigenvalue weighted by Gasteiger charge is -2.25. The van der Waals surface area contributed by atoms with Crippen molar-refractivity contribution < 1.29 is 8.42 Å². The number of hydrogen-bond acceptors (Lipinski definition) is 4. The fourth-order valence-electron chi connectivity index (χ4n) is 3.35. The van der Waals surface area contributed by atoms with Crippen molar-refractivity contribution in [2.45, 2.75) is 30.6 Å². The Balaban J connectivity index is 1.51. The van der Waals surface area contributed by atoms with Crippen molar-refractivity contribution in [2.75, 3.05) is 13.1 Å². The highest BCUT2D eigenvalue weighted by atomic mass is 32.2. The number of piperidine rings is 1. The summed E-state index contributed by atoms with van der Waals surface area (Å²) in [5.41, 5.74) is 3.08. The van der Waals surface area contributed by atoms with Crippen molar-refractivity contribution >= 4 is 21.4 Å². The molecule has 140 valence electrons. The molecule has 0 N–H and O–H groups in total. The van der Waals surface area contributed by atoms with Crippen LogP contribution in [0.1, 0.15) is 29.8 Å². The van der Waals surface area contributed by atoms with E-state index in [0.717, 1.165) is 41.9 Å². The van der Waals surface area contributed by atoms with Crippen molar-refractivity contribution in [3.05, 3.63) is 70.5 Å². The molecule has 0 bridgehead atoms. The van der Waals surface area contributed by atoms with E-state index in [0.29, 0.717) is 18.0 Å². The van der Waals surface area contributed by atoms with Gasteiger partial charge in [-0.3, -0.25) is 0 Å². The average molecular weight is 399 g/mol. The van der Waals surface area contributed by atoms with Crippen LogP contribution in [0.25, 0.3) is 11.3 Å². The first kappa shape index (κ1) is 18.3. The maximum absolute atomic E-state index is 12.8. The van der Waals surface area contributed by atoms with E-state index < -0.39 is 10.0 Å². The average Bonchev–Trinajstić information content (AvgIpc) is 3.18. The summed E-state index contributed by atoms with van der Waals surface area (Å²) in [5.74, 6) is 0. The largest absolute Gasteiger partial charge is 0.243 e. The minimum Gasteiger partial charge on any atom is -0.241 e. The van der Waals surface area contributed by atoms with Crippen LogP contribution in [0.5, 0.6) is 0 Å². The van der Waals surface area contributed by atoms with Gasteiger partial charge in [-0.05, 0) is 30.5 Å². The molecule has 1 aliphatic rings. The predicted molar refractivity (Wildman–Crippen MR) is 109 cm³/mol. The maximum atomic E-state index is 12.8. The molecule has 0 unspecified atom stereocenters. The Morgan fingerprint density at radius 2 is 1.63 bits per heavy atom. The normalized spacial score (nSPS) is 15.7. The Labute approximate surface area is 164 Å². The molecular weight excluding hydrogens is 376 g/mol. The smallest absolute Gasteiger partial charge is 0.241 e. The molecule has 3 aromatic rings. The molecular formula is C21H22N2O2S2. The van der Waals surface area contributed by atoms with Gasteiger partial charge in [-0.1, -0.05) is 48.9 Å². The van der Waals surface area contributed by atoms with Gasteiger partial charge in [0.15, 0.2) is 0 Å². The summed E-state index contributed by atoms with van der Waals surface area (Å²) < 4.78 is 27.1. The number of aromatic nitrogens is 1. The number of sulfonamides is 1. The monoisotopic (exact) mass is 398 g/mol. The Morgan fingerprint density at radius 3 is 2.33 bits per heavy atom. The second kappa shape index (κ2) is 7.92. The van der Waals surface area contributed by atoms with E-state index in [1.165, 1.54) is 5.56 Å². The number of thiazole rings is 1. The van der Waals surface area contributed by atoms with Gasteiger partial charge >= 0.3 is 0 Å². The minimum absolute atomic E-state index is 0.368. The summed E-state index contributed by atoms with van der Waals surface area (Å²) in [6.07, 6.45) is 3.81. The van der Waals surface area contributed by atoms with Crippen LogP contribution in [0, 0.1) is 0 Å². The minimum atomic E-state index is -3.38. The van der Waals surface area contributed by atoms with Crippen LogP contribution in [0.3, 0.4) is 0 Å². The van der Waals surface area contributed by atoms with E-state index in [9.17, 15) is 8.42 Å². The molecule has 2 heterocycles. The van der Waals surface area contributed by atoms with Gasteiger partial charge in [0, 0.05) is 30.5 Å². The van der Waals surface area contributed by atoms with Crippen LogP contribution in [0.4, 0.5) is 0 Å². The van der Waals surface area contributed by atoms with Crippen LogP contribution in [0.2, 0.25) is 0 Å². The molecule has 2 aromatic carbocycles. The van der Waals surface area contributed by atoms with E-state index >= 15 is 0 Å². The van der Waals surface area contributed by atoms with E-state index in [1.54, 1.807) is 27.8 Å². The number of nitrogens with zero attached hydrogens (tertiary/aromatic N) is 2. The fraction of sp³-hybridized carbons (Fsp3) is 0.286. The first-order valence-corrected chi connectivity index (χ1v) is 11.5. The van der Waals surface area contributed by atoms with Gasteiger partial charge in [0.25, 0.3) is 0 Å². The van der Waals surface area contributed by atoms with Gasteiger partial charge in [-0.2, -0.15) is 4.31 Å². The molecule has 0 amide bonds. The topological polar surface area (TPSA) is 50.3 Å². The van der Waals surface area contributed by atoms with Gasteiger partial charge in [0.2, 0.25) is 10.0 Å². The van der Waals surface area contributed by atoms with E-state index in [4.69, 9.17) is 4.98 Å². The van der Waals surface area contributed by atoms with Gasteiger partial charge in [0.1, 0.15) is 0 Å². The summed E-state index contributed by atoms with van der Waals surface area (Å²) in [5, 5.41) is 3.09. The van der Waals surface area contributed by atoms with Crippen molar-refractivity contribution in [2.24, 2.45) is 0 Å². The lowest BCUT2D eigenvalue weighted by atomic mass is 10.1. The Bertz CT molecular complexity index is 990. The fourth-order valence-corrected chi connectivity index (χ4v) is 5.70. The van der Waals surface area contributed by atoms with E-state index in [1.807, 2.05) is 35.7 Å². The summed E-state index contributed by atoms with van der Waals surface area (Å²) in [6.45, 7) is 1.25. The molecule has 27 heavy (non-hydrogen) atoms. The van der Waals surface area contributed by atoms with E-state index in [2.05, 4.69) is 12.1 Å². The van der Waals surface area contributed by atoms with Crippen molar-refractivity contribution in [3.63, 3.8) is 0 Å². The zero-order valence-electron chi connectivity index (χ0n) is 15.0. The van der Waals surface area contributed by atoms with Gasteiger partial charge in [-0.15, -0.1) is 11.3 Å². The lowest BCUT2D eigenvalue weighted by Crippen LogP contribution is -2.35. The SMILES string of the molecule is O=S(=O)(c1ccc(-c2csc(Cc3ccccc3)n2)cc1)N1CCCCC1. The molecule has 4 rings (SSSR count). The summed E-state index contributed by atoms with van der Waals surface area (Å²) in [4.78, 5) is 5.08. The summed E-state index contributed by atoms with van der Waals surface area (Å²) >= 11 is 1.63. The Kier molecular flexibility index (Phi) is 5.38. The van der Waals surface area contributed by atoms with Crippen LogP contribution < -0.4 is 0 Å². The number of benzene rings is 2. The van der Waals surface area contributed by atoms with Crippen molar-refractivity contribution in [1.29, 1.82) is 0 Å². The number of rotatable bonds is 5. The highest BCUT2D eigenvalue weighted by molar-refractivity contribution is 7.89. The van der Waals surface area contributed by atoms with Gasteiger partial charge in [0.05, 0.1) is 15.6 Å². The Hall–Kier alpha value is -2.02. The van der Waals surface area contributed by atoms with Gasteiger partial charge < -0.3 is 0 Å². The second-order valence-electron chi connectivity index (χ2n) is 6.78. The third kappa shape index (κ3) is 4.13. The standard InChI is InChI=1S/C21H22N2O2S2/c24-27(25,23-13-5-2-6-14-23)19-11-9-18(10-12-19)20-16-26-21(22-20)15-17-7-3-1-4-8-17/h1,3-4,7-12,16H,2,5-6,13-15H2. The molecule has 6 heteroatoms. The van der Waals surface area contributed by atoms with E-state index in [-0.39, 0.29) is 0 Å². The molecule has 1 saturated heterocycles. The lowest BCUT2D eigenvalue weighted by molar-refractivity contribution is 0.346. The molecule has 0 aliphatic carbocycles. The van der Waals surface area contributed by atoms with Crippen LogP contribution in [0.15, 0.2) is 64.9 Å². The molecule has 1 aliphatic heterocycles. The quantitative estimate of drug-likeness (QED) is 0.632. The molecule has 1 fully saturated rings. The van der Waals surface area contributed by atoms with Crippen LogP contribution in [-0.2, 0) is 16.4 Å². The van der Waals surface area contributed by atoms with Crippen LogP contribution >= 0.6 is 11.3 Å². The Morgan fingerprint density at radius 1 is 0.926 bits per heavy atom. The number of hydrogen-bond donors (Lipinski definition) is 0. The zero-order chi connectivity index (χ0) is 18.7. The highest BCUT2D eigenvalue weighted by Crippen LogP contribution is 2.26. The summed E-state index contributed by atoms with van der Waals surface area (Å²) in [7, 11) is -3.38. The predicted octanol–water partition coefficient (Wildman–Crippen LogP) is 4.58. The molecule has 0 atom stereocenters. The van der Waals surface area contributed by atoms with Crippen LogP contribution in [-0.4, -0.2) is 30.8 Å². The first-order valence-electron chi connectivity index (χ1n) is 9.22. The molecule has 4 nitrogen and oxygen atoms in total. The zero-order valence-corrected chi connectivity index (χ0v) is 16.7. The third-order valence-electron chi connectivity index (χ3n) is 4.85. The maximum Gasteiger partial charge on any atom is 0.243 e. The first-order chi connectivity index (χ1) is 13.1. The van der Waals surface area contributed by atoms with Crippen molar-refractivity contribution in [3.8, 4) is 11.3 Å². The molecule has 1 aromatic heterocycles. The molecule has 0 saturated carbocycles. The highest BCUT2D eigenvalue weighted by Gasteiger charge is 2.25. The van der Waals surface area contributed by atoms with Crippen molar-refractivity contribution in [1.82, 2.24) is 9.29 Å². The molecule has 0 radical (unpaired) electrons. The van der Waals surface area contributed by atoms with Gasteiger partial charge in [-0.25, -0.2) is 13.4 Å². The summed E-state index contributed by atoms with van der Waals surface area (Å²) in [6, 6.07) is 17.4. The molecule has 0 spiro atoms. The second-order valence-corrected chi connectivity index (χ2v) is 9.66. The third-order valence-corrected chi connectivity index (χ3v) is 7.61.